The van der Waals surface area contributed by atoms with Gasteiger partial charge in [0.15, 0.2) is 5.65 Å². The standard InChI is InChI=1S/C17H15ClN8O2S/c1-9-24-13(14-17(25-9)22-8-21-14)12-3-2-4-19-16(12)26-11-5-10(6-23-29(27)28)15(18)20-7-11/h2-5,7-8,29H,6H2,1H3,(H,19,26)(H,23,27,28)(H,21,22,24,25). The molecule has 4 aromatic heterocycles. The van der Waals surface area contributed by atoms with E-state index in [0.29, 0.717) is 39.8 Å². The van der Waals surface area contributed by atoms with Crippen molar-refractivity contribution in [2.24, 2.45) is 0 Å². The van der Waals surface area contributed by atoms with E-state index in [9.17, 15) is 8.42 Å². The van der Waals surface area contributed by atoms with Gasteiger partial charge in [-0.2, -0.15) is 0 Å². The molecule has 4 aromatic rings. The summed E-state index contributed by atoms with van der Waals surface area (Å²) in [6.45, 7) is 1.84. The fraction of sp³-hybridized carbons (Fsp3) is 0.118. The molecule has 0 saturated carbocycles. The number of nitrogens with zero attached hydrogens (tertiary/aromatic N) is 5. The Morgan fingerprint density at radius 1 is 1.21 bits per heavy atom. The lowest BCUT2D eigenvalue weighted by atomic mass is 10.1. The van der Waals surface area contributed by atoms with Crippen molar-refractivity contribution in [2.45, 2.75) is 13.5 Å². The quantitative estimate of drug-likeness (QED) is 0.269. The number of imidazole rings is 1. The molecule has 0 aliphatic rings. The number of halogens is 1. The van der Waals surface area contributed by atoms with Crippen LogP contribution in [0.25, 0.3) is 22.4 Å². The molecule has 0 unspecified atom stereocenters. The molecule has 10 nitrogen and oxygen atoms in total. The Kier molecular flexibility index (Phi) is 5.34. The van der Waals surface area contributed by atoms with E-state index in [0.717, 1.165) is 5.56 Å². The van der Waals surface area contributed by atoms with E-state index < -0.39 is 10.9 Å². The van der Waals surface area contributed by atoms with Crippen molar-refractivity contribution >= 4 is 45.2 Å². The third kappa shape index (κ3) is 4.16. The minimum absolute atomic E-state index is 0.0358. The summed E-state index contributed by atoms with van der Waals surface area (Å²) in [6, 6.07) is 5.38. The van der Waals surface area contributed by atoms with Crippen LogP contribution in [-0.2, 0) is 17.4 Å². The lowest BCUT2D eigenvalue weighted by Gasteiger charge is -2.12. The number of aryl methyl sites for hydroxylation is 1. The molecule has 0 aliphatic heterocycles. The molecule has 0 fully saturated rings. The first-order chi connectivity index (χ1) is 14.0. The van der Waals surface area contributed by atoms with Gasteiger partial charge in [0.2, 0.25) is 10.9 Å². The normalized spacial score (nSPS) is 11.3. The number of nitrogens with one attached hydrogen (secondary N) is 3. The van der Waals surface area contributed by atoms with Crippen molar-refractivity contribution in [1.29, 1.82) is 0 Å². The fourth-order valence-corrected chi connectivity index (χ4v) is 3.27. The highest BCUT2D eigenvalue weighted by atomic mass is 35.5. The number of hydrogen-bond donors (Lipinski definition) is 4. The molecule has 0 radical (unpaired) electrons. The Bertz CT molecular complexity index is 1270. The van der Waals surface area contributed by atoms with Crippen LogP contribution in [0.2, 0.25) is 5.15 Å². The maximum Gasteiger partial charge on any atom is 0.201 e. The van der Waals surface area contributed by atoms with Crippen molar-refractivity contribution in [3.8, 4) is 11.3 Å². The summed E-state index contributed by atoms with van der Waals surface area (Å²) >= 11 is 6.06. The van der Waals surface area contributed by atoms with E-state index in [2.05, 4.69) is 39.9 Å². The van der Waals surface area contributed by atoms with Crippen LogP contribution in [0.3, 0.4) is 0 Å². The predicted octanol–water partition coefficient (Wildman–Crippen LogP) is 2.13. The van der Waals surface area contributed by atoms with Crippen LogP contribution in [0, 0.1) is 6.92 Å². The second-order valence-corrected chi connectivity index (χ2v) is 7.20. The number of hydrogen-bond acceptors (Lipinski definition) is 8. The van der Waals surface area contributed by atoms with E-state index >= 15 is 0 Å². The van der Waals surface area contributed by atoms with Crippen LogP contribution in [-0.4, -0.2) is 38.3 Å². The van der Waals surface area contributed by atoms with Gasteiger partial charge in [0, 0.05) is 23.9 Å². The topological polar surface area (TPSA) is 138 Å². The summed E-state index contributed by atoms with van der Waals surface area (Å²) < 4.78 is 23.9. The van der Waals surface area contributed by atoms with Crippen molar-refractivity contribution in [1.82, 2.24) is 34.6 Å². The van der Waals surface area contributed by atoms with E-state index in [-0.39, 0.29) is 11.7 Å². The fourth-order valence-electron chi connectivity index (χ4n) is 2.80. The Labute approximate surface area is 171 Å². The van der Waals surface area contributed by atoms with Crippen molar-refractivity contribution in [3.63, 3.8) is 0 Å². The molecule has 29 heavy (non-hydrogen) atoms. The number of anilines is 2. The Hall–Kier alpha value is -3.15. The zero-order valence-electron chi connectivity index (χ0n) is 15.0. The average molecular weight is 431 g/mol. The van der Waals surface area contributed by atoms with Crippen LogP contribution >= 0.6 is 11.6 Å². The molecule has 0 aromatic carbocycles. The maximum absolute atomic E-state index is 10.8. The minimum atomic E-state index is -2.74. The lowest BCUT2D eigenvalue weighted by Crippen LogP contribution is -2.11. The van der Waals surface area contributed by atoms with Crippen LogP contribution in [0.15, 0.2) is 36.9 Å². The third-order valence-electron chi connectivity index (χ3n) is 4.03. The second kappa shape index (κ2) is 8.07. The summed E-state index contributed by atoms with van der Waals surface area (Å²) in [5.74, 6) is 1.13. The molecule has 0 atom stereocenters. The number of pyridine rings is 2. The van der Waals surface area contributed by atoms with Gasteiger partial charge in [-0.15, -0.1) is 0 Å². The first-order valence-electron chi connectivity index (χ1n) is 8.43. The largest absolute Gasteiger partial charge is 0.338 e. The van der Waals surface area contributed by atoms with E-state index in [1.807, 2.05) is 6.07 Å². The molecule has 0 spiro atoms. The smallest absolute Gasteiger partial charge is 0.201 e. The van der Waals surface area contributed by atoms with Gasteiger partial charge in [0.05, 0.1) is 18.2 Å². The number of aromatic amines is 1. The average Bonchev–Trinajstić information content (AvgIpc) is 3.16. The van der Waals surface area contributed by atoms with Gasteiger partial charge in [-0.1, -0.05) is 11.6 Å². The molecule has 0 saturated heterocycles. The minimum Gasteiger partial charge on any atom is -0.338 e. The molecule has 4 heterocycles. The number of H-pyrrole nitrogens is 1. The van der Waals surface area contributed by atoms with Crippen LogP contribution in [0.1, 0.15) is 11.4 Å². The Balaban J connectivity index is 1.73. The van der Waals surface area contributed by atoms with Crippen molar-refractivity contribution in [3.05, 3.63) is 53.5 Å². The lowest BCUT2D eigenvalue weighted by molar-refractivity contribution is 0.601. The van der Waals surface area contributed by atoms with Gasteiger partial charge >= 0.3 is 0 Å². The molecular formula is C17H15ClN8O2S. The van der Waals surface area contributed by atoms with E-state index in [1.54, 1.807) is 31.6 Å². The van der Waals surface area contributed by atoms with Gasteiger partial charge < -0.3 is 10.3 Å². The zero-order valence-corrected chi connectivity index (χ0v) is 16.7. The number of thiol groups is 1. The van der Waals surface area contributed by atoms with E-state index in [4.69, 9.17) is 11.6 Å². The monoisotopic (exact) mass is 430 g/mol. The maximum atomic E-state index is 10.8. The molecule has 0 aliphatic carbocycles. The second-order valence-electron chi connectivity index (χ2n) is 6.01. The SMILES string of the molecule is Cc1nc(-c2cccnc2Nc2cnc(Cl)c(CN[SH](=O)=O)c2)c2nc[nH]c2n1. The summed E-state index contributed by atoms with van der Waals surface area (Å²) in [4.78, 5) is 24.7. The molecule has 0 amide bonds. The number of fused-ring (bicyclic) bond motifs is 1. The van der Waals surface area contributed by atoms with E-state index in [1.165, 1.54) is 6.20 Å². The first kappa shape index (κ1) is 19.2. The van der Waals surface area contributed by atoms with Crippen LogP contribution in [0.4, 0.5) is 11.5 Å². The van der Waals surface area contributed by atoms with Crippen LogP contribution in [0.5, 0.6) is 0 Å². The van der Waals surface area contributed by atoms with Gasteiger partial charge in [-0.05, 0) is 25.1 Å². The Morgan fingerprint density at radius 2 is 2.07 bits per heavy atom. The van der Waals surface area contributed by atoms with Gasteiger partial charge in [-0.3, -0.25) is 0 Å². The highest BCUT2D eigenvalue weighted by Crippen LogP contribution is 2.31. The summed E-state index contributed by atoms with van der Waals surface area (Å²) in [5, 5.41) is 3.41. The zero-order chi connectivity index (χ0) is 20.4. The van der Waals surface area contributed by atoms with Gasteiger partial charge in [0.25, 0.3) is 0 Å². The predicted molar refractivity (Wildman–Crippen MR) is 109 cm³/mol. The van der Waals surface area contributed by atoms with Gasteiger partial charge in [-0.25, -0.2) is 38.1 Å². The molecule has 148 valence electrons. The highest BCUT2D eigenvalue weighted by Gasteiger charge is 2.15. The van der Waals surface area contributed by atoms with Crippen LogP contribution < -0.4 is 10.0 Å². The molecule has 4 rings (SSSR count). The molecule has 12 heteroatoms. The number of aromatic nitrogens is 6. The highest BCUT2D eigenvalue weighted by molar-refractivity contribution is 7.70. The summed E-state index contributed by atoms with van der Waals surface area (Å²) in [5.41, 5.74) is 3.75. The van der Waals surface area contributed by atoms with Gasteiger partial charge in [0.1, 0.15) is 28.0 Å². The van der Waals surface area contributed by atoms with Crippen molar-refractivity contribution in [2.75, 3.05) is 5.32 Å². The molecule has 3 N–H and O–H groups in total. The van der Waals surface area contributed by atoms with Crippen molar-refractivity contribution < 1.29 is 8.42 Å². The Morgan fingerprint density at radius 3 is 2.90 bits per heavy atom. The summed E-state index contributed by atoms with van der Waals surface area (Å²) in [7, 11) is -2.74. The summed E-state index contributed by atoms with van der Waals surface area (Å²) in [6.07, 6.45) is 4.75. The molecule has 0 bridgehead atoms. The molecular weight excluding hydrogens is 416 g/mol. The number of rotatable bonds is 6. The first-order valence-corrected chi connectivity index (χ1v) is 9.99. The third-order valence-corrected chi connectivity index (χ3v) is 4.78.